The summed E-state index contributed by atoms with van der Waals surface area (Å²) < 4.78 is 5.34. The van der Waals surface area contributed by atoms with Crippen molar-refractivity contribution in [1.29, 1.82) is 0 Å². The zero-order valence-electron chi connectivity index (χ0n) is 11.3. The number of hydrogen-bond donors (Lipinski definition) is 0. The van der Waals surface area contributed by atoms with Gasteiger partial charge in [-0.25, -0.2) is 0 Å². The number of allylic oxidation sites excluding steroid dienone is 2. The Balaban J connectivity index is 1.71. The van der Waals surface area contributed by atoms with Gasteiger partial charge in [0.1, 0.15) is 5.58 Å². The average Bonchev–Trinajstić information content (AvgIpc) is 2.93. The molecule has 20 heavy (non-hydrogen) atoms. The van der Waals surface area contributed by atoms with Crippen LogP contribution in [0.4, 0.5) is 0 Å². The Kier molecular flexibility index (Phi) is 3.51. The molecular weight excluding hydrogens is 244 g/mol. The second-order valence-corrected chi connectivity index (χ2v) is 4.87. The van der Waals surface area contributed by atoms with Crippen molar-refractivity contribution < 1.29 is 4.42 Å². The molecule has 3 aromatic rings. The van der Waals surface area contributed by atoms with E-state index in [1.807, 2.05) is 18.2 Å². The highest BCUT2D eigenvalue weighted by molar-refractivity contribution is 5.80. The predicted molar refractivity (Wildman–Crippen MR) is 84.5 cm³/mol. The van der Waals surface area contributed by atoms with Crippen molar-refractivity contribution in [2.45, 2.75) is 6.42 Å². The minimum Gasteiger partial charge on any atom is -0.464 e. The summed E-state index contributed by atoms with van der Waals surface area (Å²) in [6, 6.07) is 18.5. The first-order chi connectivity index (χ1) is 9.81. The summed E-state index contributed by atoms with van der Waals surface area (Å²) in [5.41, 5.74) is 4.47. The molecule has 1 heterocycles. The van der Waals surface area contributed by atoms with E-state index in [1.54, 1.807) is 6.26 Å². The summed E-state index contributed by atoms with van der Waals surface area (Å²) in [6.07, 6.45) is 6.77. The van der Waals surface area contributed by atoms with Gasteiger partial charge in [-0.2, -0.15) is 0 Å². The van der Waals surface area contributed by atoms with Crippen molar-refractivity contribution in [3.8, 4) is 0 Å². The number of fused-ring (bicyclic) bond motifs is 1. The van der Waals surface area contributed by atoms with Crippen molar-refractivity contribution in [3.63, 3.8) is 0 Å². The third-order valence-electron chi connectivity index (χ3n) is 3.26. The molecule has 1 aromatic heterocycles. The molecular formula is C19H16O. The van der Waals surface area contributed by atoms with E-state index in [4.69, 9.17) is 4.42 Å². The number of rotatable bonds is 4. The lowest BCUT2D eigenvalue weighted by Crippen LogP contribution is -1.85. The highest BCUT2D eigenvalue weighted by Gasteiger charge is 1.97. The molecule has 0 atom stereocenters. The third-order valence-corrected chi connectivity index (χ3v) is 3.26. The summed E-state index contributed by atoms with van der Waals surface area (Å²) in [4.78, 5) is 0. The zero-order valence-corrected chi connectivity index (χ0v) is 11.3. The van der Waals surface area contributed by atoms with Gasteiger partial charge in [-0.05, 0) is 35.7 Å². The summed E-state index contributed by atoms with van der Waals surface area (Å²) in [5, 5.41) is 1.13. The molecule has 1 heteroatoms. The Hall–Kier alpha value is -2.54. The predicted octanol–water partition coefficient (Wildman–Crippen LogP) is 5.24. The van der Waals surface area contributed by atoms with Crippen LogP contribution < -0.4 is 0 Å². The van der Waals surface area contributed by atoms with E-state index in [0.29, 0.717) is 0 Å². The SMILES string of the molecule is C=C(/C=C/c1ccc2occc2c1)Cc1ccccc1. The first-order valence-electron chi connectivity index (χ1n) is 6.68. The Morgan fingerprint density at radius 1 is 1.05 bits per heavy atom. The van der Waals surface area contributed by atoms with Gasteiger partial charge in [0.25, 0.3) is 0 Å². The largest absolute Gasteiger partial charge is 0.464 e. The van der Waals surface area contributed by atoms with Gasteiger partial charge in [-0.1, -0.05) is 60.7 Å². The maximum atomic E-state index is 5.34. The maximum absolute atomic E-state index is 5.34. The average molecular weight is 260 g/mol. The molecule has 2 aromatic carbocycles. The van der Waals surface area contributed by atoms with E-state index in [-0.39, 0.29) is 0 Å². The monoisotopic (exact) mass is 260 g/mol. The van der Waals surface area contributed by atoms with E-state index in [2.05, 4.69) is 55.1 Å². The highest BCUT2D eigenvalue weighted by atomic mass is 16.3. The van der Waals surface area contributed by atoms with Gasteiger partial charge in [0.2, 0.25) is 0 Å². The normalized spacial score (nSPS) is 11.2. The van der Waals surface area contributed by atoms with Crippen LogP contribution in [0.5, 0.6) is 0 Å². The Morgan fingerprint density at radius 3 is 2.75 bits per heavy atom. The Labute approximate surface area is 118 Å². The van der Waals surface area contributed by atoms with Gasteiger partial charge < -0.3 is 4.42 Å². The molecule has 0 aliphatic heterocycles. The van der Waals surface area contributed by atoms with Crippen LogP contribution in [0.1, 0.15) is 11.1 Å². The van der Waals surface area contributed by atoms with E-state index < -0.39 is 0 Å². The van der Waals surface area contributed by atoms with E-state index in [0.717, 1.165) is 28.5 Å². The molecule has 0 radical (unpaired) electrons. The van der Waals surface area contributed by atoms with Gasteiger partial charge in [-0.15, -0.1) is 0 Å². The molecule has 0 unspecified atom stereocenters. The summed E-state index contributed by atoms with van der Waals surface area (Å²) >= 11 is 0. The molecule has 1 nitrogen and oxygen atoms in total. The van der Waals surface area contributed by atoms with Gasteiger partial charge >= 0.3 is 0 Å². The van der Waals surface area contributed by atoms with Crippen LogP contribution in [0, 0.1) is 0 Å². The number of furan rings is 1. The topological polar surface area (TPSA) is 13.1 Å². The van der Waals surface area contributed by atoms with Crippen molar-refractivity contribution >= 4 is 17.0 Å². The van der Waals surface area contributed by atoms with Crippen LogP contribution >= 0.6 is 0 Å². The van der Waals surface area contributed by atoms with Gasteiger partial charge in [-0.3, -0.25) is 0 Å². The van der Waals surface area contributed by atoms with Crippen molar-refractivity contribution in [1.82, 2.24) is 0 Å². The molecule has 0 saturated carbocycles. The first kappa shape index (κ1) is 12.5. The lowest BCUT2D eigenvalue weighted by molar-refractivity contribution is 0.616. The quantitative estimate of drug-likeness (QED) is 0.584. The standard InChI is InChI=1S/C19H16O/c1-15(13-16-5-3-2-4-6-16)7-8-17-9-10-19-18(14-17)11-12-20-19/h2-12,14H,1,13H2/b8-7+. The lowest BCUT2D eigenvalue weighted by Gasteiger charge is -2.00. The molecule has 3 rings (SSSR count). The van der Waals surface area contributed by atoms with Gasteiger partial charge in [0, 0.05) is 5.39 Å². The first-order valence-corrected chi connectivity index (χ1v) is 6.68. The lowest BCUT2D eigenvalue weighted by atomic mass is 10.0. The minimum absolute atomic E-state index is 0.880. The molecule has 0 saturated heterocycles. The van der Waals surface area contributed by atoms with E-state index in [1.165, 1.54) is 5.56 Å². The third kappa shape index (κ3) is 2.89. The fourth-order valence-corrected chi connectivity index (χ4v) is 2.22. The van der Waals surface area contributed by atoms with Crippen LogP contribution in [0.2, 0.25) is 0 Å². The fraction of sp³-hybridized carbons (Fsp3) is 0.0526. The van der Waals surface area contributed by atoms with Crippen molar-refractivity contribution in [2.75, 3.05) is 0 Å². The highest BCUT2D eigenvalue weighted by Crippen LogP contribution is 2.18. The van der Waals surface area contributed by atoms with Crippen LogP contribution in [0.25, 0.3) is 17.0 Å². The summed E-state index contributed by atoms with van der Waals surface area (Å²) in [5.74, 6) is 0. The molecule has 0 bridgehead atoms. The molecule has 98 valence electrons. The molecule has 0 aliphatic rings. The fourth-order valence-electron chi connectivity index (χ4n) is 2.22. The van der Waals surface area contributed by atoms with Crippen LogP contribution in [0.3, 0.4) is 0 Å². The molecule has 0 fully saturated rings. The summed E-state index contributed by atoms with van der Waals surface area (Å²) in [6.45, 7) is 4.11. The van der Waals surface area contributed by atoms with Crippen LogP contribution in [-0.2, 0) is 6.42 Å². The van der Waals surface area contributed by atoms with Crippen LogP contribution in [0.15, 0.2) is 83.5 Å². The van der Waals surface area contributed by atoms with Crippen molar-refractivity contribution in [2.24, 2.45) is 0 Å². The maximum Gasteiger partial charge on any atom is 0.133 e. The smallest absolute Gasteiger partial charge is 0.133 e. The number of benzene rings is 2. The molecule has 0 spiro atoms. The molecule has 0 amide bonds. The second-order valence-electron chi connectivity index (χ2n) is 4.87. The molecule has 0 aliphatic carbocycles. The second kappa shape index (κ2) is 5.62. The van der Waals surface area contributed by atoms with E-state index in [9.17, 15) is 0 Å². The Morgan fingerprint density at radius 2 is 1.90 bits per heavy atom. The van der Waals surface area contributed by atoms with Gasteiger partial charge in [0.15, 0.2) is 0 Å². The molecule has 0 N–H and O–H groups in total. The van der Waals surface area contributed by atoms with Crippen molar-refractivity contribution in [3.05, 3.63) is 90.2 Å². The van der Waals surface area contributed by atoms with Crippen LogP contribution in [-0.4, -0.2) is 0 Å². The van der Waals surface area contributed by atoms with Gasteiger partial charge in [0.05, 0.1) is 6.26 Å². The Bertz CT molecular complexity index is 748. The summed E-state index contributed by atoms with van der Waals surface area (Å²) in [7, 11) is 0. The number of hydrogen-bond acceptors (Lipinski definition) is 1. The zero-order chi connectivity index (χ0) is 13.8. The minimum atomic E-state index is 0.880. The van der Waals surface area contributed by atoms with E-state index >= 15 is 0 Å².